The van der Waals surface area contributed by atoms with Crippen LogP contribution in [0.5, 0.6) is 0 Å². The molecule has 0 unspecified atom stereocenters. The summed E-state index contributed by atoms with van der Waals surface area (Å²) in [6.07, 6.45) is 5.83. The van der Waals surface area contributed by atoms with Crippen LogP contribution in [-0.2, 0) is 14.4 Å². The Labute approximate surface area is 162 Å². The number of carbonyl (C=O) groups excluding carboxylic acids is 3. The predicted molar refractivity (Wildman–Crippen MR) is 104 cm³/mol. The smallest absolute Gasteiger partial charge is 0.247 e. The number of amides is 3. The number of fused-ring (bicyclic) bond motifs is 1. The average molecular weight is 395 g/mol. The Morgan fingerprint density at radius 3 is 2.50 bits per heavy atom. The molecule has 1 N–H and O–H groups in total. The van der Waals surface area contributed by atoms with Crippen molar-refractivity contribution < 1.29 is 14.4 Å². The van der Waals surface area contributed by atoms with E-state index < -0.39 is 6.04 Å². The number of imide groups is 1. The average Bonchev–Trinajstić information content (AvgIpc) is 2.87. The third kappa shape index (κ3) is 3.91. The maximum absolute atomic E-state index is 12.9. The van der Waals surface area contributed by atoms with Gasteiger partial charge in [0.25, 0.3) is 0 Å². The van der Waals surface area contributed by atoms with Gasteiger partial charge in [-0.05, 0) is 49.5 Å². The van der Waals surface area contributed by atoms with E-state index in [1.807, 2.05) is 6.26 Å². The third-order valence-corrected chi connectivity index (χ3v) is 6.06. The number of rotatable bonds is 6. The molecule has 5 nitrogen and oxygen atoms in total. The number of hydrogen-bond donors (Lipinski definition) is 1. The molecule has 1 saturated heterocycles. The van der Waals surface area contributed by atoms with Crippen LogP contribution < -0.4 is 5.32 Å². The predicted octanol–water partition coefficient (Wildman–Crippen LogP) is 3.58. The number of hydrogen-bond acceptors (Lipinski definition) is 4. The van der Waals surface area contributed by atoms with Crippen molar-refractivity contribution in [2.45, 2.75) is 38.1 Å². The van der Waals surface area contributed by atoms with Gasteiger partial charge in [0, 0.05) is 10.7 Å². The highest BCUT2D eigenvalue weighted by Gasteiger charge is 2.51. The Kier molecular flexibility index (Phi) is 6.24. The fourth-order valence-electron chi connectivity index (χ4n) is 3.89. The van der Waals surface area contributed by atoms with Crippen LogP contribution in [0.2, 0.25) is 5.02 Å². The number of halogens is 1. The highest BCUT2D eigenvalue weighted by atomic mass is 35.5. The Balaban J connectivity index is 1.81. The maximum atomic E-state index is 12.9. The molecule has 3 atom stereocenters. The molecular weight excluding hydrogens is 372 g/mol. The van der Waals surface area contributed by atoms with Crippen LogP contribution in [-0.4, -0.2) is 40.7 Å². The molecule has 26 heavy (non-hydrogen) atoms. The third-order valence-electron chi connectivity index (χ3n) is 5.18. The van der Waals surface area contributed by atoms with E-state index in [-0.39, 0.29) is 29.6 Å². The van der Waals surface area contributed by atoms with Gasteiger partial charge in [0.2, 0.25) is 17.7 Å². The van der Waals surface area contributed by atoms with Crippen LogP contribution in [0.4, 0.5) is 5.69 Å². The number of nitrogens with zero attached hydrogens (tertiary/aromatic N) is 1. The summed E-state index contributed by atoms with van der Waals surface area (Å²) in [5.41, 5.74) is 0.563. The van der Waals surface area contributed by atoms with Gasteiger partial charge in [-0.3, -0.25) is 19.3 Å². The Morgan fingerprint density at radius 2 is 1.92 bits per heavy atom. The van der Waals surface area contributed by atoms with E-state index in [0.29, 0.717) is 22.9 Å². The molecule has 7 heteroatoms. The molecule has 140 valence electrons. The van der Waals surface area contributed by atoms with E-state index in [9.17, 15) is 14.4 Å². The summed E-state index contributed by atoms with van der Waals surface area (Å²) < 4.78 is 0. The zero-order valence-corrected chi connectivity index (χ0v) is 16.3. The summed E-state index contributed by atoms with van der Waals surface area (Å²) in [5.74, 6) is -0.472. The van der Waals surface area contributed by atoms with Gasteiger partial charge in [0.05, 0.1) is 11.8 Å². The van der Waals surface area contributed by atoms with Gasteiger partial charge >= 0.3 is 0 Å². The van der Waals surface area contributed by atoms with Gasteiger partial charge in [-0.15, -0.1) is 0 Å². The van der Waals surface area contributed by atoms with Crippen molar-refractivity contribution in [2.75, 3.05) is 17.3 Å². The van der Waals surface area contributed by atoms with Crippen LogP contribution in [0.15, 0.2) is 24.3 Å². The normalized spacial score (nSPS) is 23.7. The summed E-state index contributed by atoms with van der Waals surface area (Å²) in [4.78, 5) is 39.9. The second kappa shape index (κ2) is 8.44. The second-order valence-corrected chi connectivity index (χ2v) is 8.26. The first-order valence-corrected chi connectivity index (χ1v) is 10.7. The van der Waals surface area contributed by atoms with Gasteiger partial charge in [-0.1, -0.05) is 30.5 Å². The van der Waals surface area contributed by atoms with Crippen molar-refractivity contribution in [3.8, 4) is 0 Å². The van der Waals surface area contributed by atoms with Crippen LogP contribution in [0, 0.1) is 11.8 Å². The molecule has 2 aliphatic rings. The molecule has 1 aliphatic heterocycles. The van der Waals surface area contributed by atoms with Crippen molar-refractivity contribution in [1.82, 2.24) is 4.90 Å². The van der Waals surface area contributed by atoms with Crippen molar-refractivity contribution in [3.63, 3.8) is 0 Å². The quantitative estimate of drug-likeness (QED) is 0.749. The first kappa shape index (κ1) is 19.2. The first-order valence-electron chi connectivity index (χ1n) is 8.95. The van der Waals surface area contributed by atoms with Crippen molar-refractivity contribution in [2.24, 2.45) is 11.8 Å². The molecule has 0 spiro atoms. The molecule has 3 amide bonds. The molecule has 0 bridgehead atoms. The number of anilines is 1. The highest BCUT2D eigenvalue weighted by molar-refractivity contribution is 7.98. The summed E-state index contributed by atoms with van der Waals surface area (Å²) >= 11 is 7.57. The topological polar surface area (TPSA) is 66.5 Å². The number of likely N-dealkylation sites (tertiary alicyclic amines) is 1. The van der Waals surface area contributed by atoms with E-state index in [2.05, 4.69) is 5.32 Å². The first-order chi connectivity index (χ1) is 12.5. The molecule has 3 rings (SSSR count). The zero-order chi connectivity index (χ0) is 18.7. The van der Waals surface area contributed by atoms with E-state index in [1.165, 1.54) is 4.90 Å². The lowest BCUT2D eigenvalue weighted by Crippen LogP contribution is -2.48. The monoisotopic (exact) mass is 394 g/mol. The SMILES string of the molecule is CSCC[C@H](C(=O)Nc1cccc(Cl)c1)N1C(=O)[C@H]2CCCC[C@@H]2C1=O. The van der Waals surface area contributed by atoms with Gasteiger partial charge in [-0.2, -0.15) is 11.8 Å². The molecule has 0 aromatic heterocycles. The fraction of sp³-hybridized carbons (Fsp3) is 0.526. The molecule has 1 aliphatic carbocycles. The van der Waals surface area contributed by atoms with E-state index in [0.717, 1.165) is 25.7 Å². The Morgan fingerprint density at radius 1 is 1.27 bits per heavy atom. The molecular formula is C19H23ClN2O3S. The van der Waals surface area contributed by atoms with E-state index in [1.54, 1.807) is 36.0 Å². The lowest BCUT2D eigenvalue weighted by molar-refractivity contribution is -0.146. The second-order valence-electron chi connectivity index (χ2n) is 6.84. The molecule has 0 radical (unpaired) electrons. The zero-order valence-electron chi connectivity index (χ0n) is 14.7. The minimum Gasteiger partial charge on any atom is -0.324 e. The number of nitrogens with one attached hydrogen (secondary N) is 1. The Hall–Kier alpha value is -1.53. The van der Waals surface area contributed by atoms with Crippen LogP contribution >= 0.6 is 23.4 Å². The number of benzene rings is 1. The van der Waals surface area contributed by atoms with E-state index in [4.69, 9.17) is 11.6 Å². The lowest BCUT2D eigenvalue weighted by atomic mass is 9.81. The largest absolute Gasteiger partial charge is 0.324 e. The summed E-state index contributed by atoms with van der Waals surface area (Å²) in [6.45, 7) is 0. The van der Waals surface area contributed by atoms with Crippen LogP contribution in [0.3, 0.4) is 0 Å². The van der Waals surface area contributed by atoms with Crippen molar-refractivity contribution in [3.05, 3.63) is 29.3 Å². The van der Waals surface area contributed by atoms with Crippen molar-refractivity contribution >= 4 is 46.8 Å². The maximum Gasteiger partial charge on any atom is 0.247 e. The molecule has 1 heterocycles. The van der Waals surface area contributed by atoms with Crippen LogP contribution in [0.1, 0.15) is 32.1 Å². The fourth-order valence-corrected chi connectivity index (χ4v) is 4.54. The van der Waals surface area contributed by atoms with E-state index >= 15 is 0 Å². The van der Waals surface area contributed by atoms with Gasteiger partial charge < -0.3 is 5.32 Å². The Bertz CT molecular complexity index is 688. The summed E-state index contributed by atoms with van der Waals surface area (Å²) in [7, 11) is 0. The summed E-state index contributed by atoms with van der Waals surface area (Å²) in [5, 5.41) is 3.33. The molecule has 1 aromatic carbocycles. The minimum absolute atomic E-state index is 0.174. The van der Waals surface area contributed by atoms with Gasteiger partial charge in [0.1, 0.15) is 6.04 Å². The standard InChI is InChI=1S/C19H23ClN2O3S/c1-26-10-9-16(17(23)21-13-6-4-5-12(20)11-13)22-18(24)14-7-2-3-8-15(14)19(22)25/h4-6,11,14-16H,2-3,7-10H2,1H3,(H,21,23)/t14-,15-,16+/m0/s1. The number of thioether (sulfide) groups is 1. The molecule has 1 aromatic rings. The van der Waals surface area contributed by atoms with Crippen LogP contribution in [0.25, 0.3) is 0 Å². The van der Waals surface area contributed by atoms with Gasteiger partial charge in [-0.25, -0.2) is 0 Å². The van der Waals surface area contributed by atoms with Gasteiger partial charge in [0.15, 0.2) is 0 Å². The lowest BCUT2D eigenvalue weighted by Gasteiger charge is -2.26. The minimum atomic E-state index is -0.771. The molecule has 1 saturated carbocycles. The van der Waals surface area contributed by atoms with Crippen molar-refractivity contribution in [1.29, 1.82) is 0 Å². The molecule has 2 fully saturated rings. The highest BCUT2D eigenvalue weighted by Crippen LogP contribution is 2.39. The number of carbonyl (C=O) groups is 3. The summed E-state index contributed by atoms with van der Waals surface area (Å²) in [6, 6.07) is 6.09.